The Labute approximate surface area is 120 Å². The number of ether oxygens (including phenoxy) is 1. The van der Waals surface area contributed by atoms with Crippen LogP contribution < -0.4 is 0 Å². The van der Waals surface area contributed by atoms with Crippen LogP contribution in [-0.4, -0.2) is 29.6 Å². The summed E-state index contributed by atoms with van der Waals surface area (Å²) >= 11 is 0. The highest BCUT2D eigenvalue weighted by Gasteiger charge is 2.50. The summed E-state index contributed by atoms with van der Waals surface area (Å²) in [6.07, 6.45) is 5.53. The van der Waals surface area contributed by atoms with Gasteiger partial charge in [0.1, 0.15) is 5.78 Å². The fourth-order valence-corrected chi connectivity index (χ4v) is 2.81. The molecule has 112 valence electrons. The normalized spacial score (nSPS) is 30.6. The summed E-state index contributed by atoms with van der Waals surface area (Å²) in [7, 11) is 1.32. The van der Waals surface area contributed by atoms with Gasteiger partial charge in [0.2, 0.25) is 0 Å². The summed E-state index contributed by atoms with van der Waals surface area (Å²) in [5.74, 6) is -0.395. The van der Waals surface area contributed by atoms with Crippen molar-refractivity contribution in [2.45, 2.75) is 46.1 Å². The van der Waals surface area contributed by atoms with Crippen molar-refractivity contribution in [3.05, 3.63) is 23.8 Å². The number of Topliss-reactive ketones (excluding diaryl/α,β-unsaturated/α-hetero) is 1. The van der Waals surface area contributed by atoms with Crippen molar-refractivity contribution in [3.63, 3.8) is 0 Å². The van der Waals surface area contributed by atoms with Gasteiger partial charge >= 0.3 is 5.97 Å². The molecule has 0 radical (unpaired) electrons. The predicted molar refractivity (Wildman–Crippen MR) is 77.0 cm³/mol. The molecule has 0 saturated heterocycles. The van der Waals surface area contributed by atoms with Crippen molar-refractivity contribution in [2.24, 2.45) is 11.3 Å². The second kappa shape index (κ2) is 5.92. The fraction of sp³-hybridized carbons (Fsp3) is 0.625. The number of hydrogen-bond acceptors (Lipinski definition) is 4. The van der Waals surface area contributed by atoms with Crippen LogP contribution in [0.3, 0.4) is 0 Å². The summed E-state index contributed by atoms with van der Waals surface area (Å²) in [5.41, 5.74) is -0.888. The Kier molecular flexibility index (Phi) is 4.92. The van der Waals surface area contributed by atoms with E-state index in [0.29, 0.717) is 18.4 Å². The van der Waals surface area contributed by atoms with E-state index < -0.39 is 17.0 Å². The average molecular weight is 280 g/mol. The van der Waals surface area contributed by atoms with E-state index in [9.17, 15) is 14.7 Å². The lowest BCUT2D eigenvalue weighted by Crippen LogP contribution is -2.53. The topological polar surface area (TPSA) is 63.6 Å². The van der Waals surface area contributed by atoms with Gasteiger partial charge in [0.05, 0.1) is 12.7 Å². The first-order chi connectivity index (χ1) is 9.12. The SMILES string of the molecule is COC(=O)/C=C(C)\C=C\C1(O)[C@@H](C)CC(=O)CC1(C)C. The number of carbonyl (C=O) groups excluding carboxylic acids is 2. The molecular weight excluding hydrogens is 256 g/mol. The molecule has 1 aliphatic carbocycles. The number of esters is 1. The van der Waals surface area contributed by atoms with E-state index in [-0.39, 0.29) is 11.7 Å². The van der Waals surface area contributed by atoms with Gasteiger partial charge in [-0.1, -0.05) is 32.9 Å². The molecule has 0 amide bonds. The van der Waals surface area contributed by atoms with Gasteiger partial charge in [0, 0.05) is 24.3 Å². The molecule has 1 fully saturated rings. The largest absolute Gasteiger partial charge is 0.466 e. The van der Waals surface area contributed by atoms with Gasteiger partial charge in [-0.25, -0.2) is 4.79 Å². The zero-order chi connectivity index (χ0) is 15.6. The standard InChI is InChI=1S/C16H24O4/c1-11(8-14(18)20-5)6-7-16(19)12(2)9-13(17)10-15(16,3)4/h6-8,12,19H,9-10H2,1-5H3/b7-6+,11-8-/t12-,16?/m0/s1. The lowest BCUT2D eigenvalue weighted by molar-refractivity contribution is -0.142. The summed E-state index contributed by atoms with van der Waals surface area (Å²) in [6, 6.07) is 0. The molecule has 4 heteroatoms. The number of hydrogen-bond donors (Lipinski definition) is 1. The average Bonchev–Trinajstić information content (AvgIpc) is 2.32. The van der Waals surface area contributed by atoms with Gasteiger partial charge in [-0.15, -0.1) is 0 Å². The summed E-state index contributed by atoms with van der Waals surface area (Å²) in [5, 5.41) is 10.9. The van der Waals surface area contributed by atoms with Crippen LogP contribution in [0.25, 0.3) is 0 Å². The van der Waals surface area contributed by atoms with Gasteiger partial charge in [-0.3, -0.25) is 4.79 Å². The lowest BCUT2D eigenvalue weighted by Gasteiger charge is -2.48. The van der Waals surface area contributed by atoms with Crippen LogP contribution in [-0.2, 0) is 14.3 Å². The first kappa shape index (κ1) is 16.6. The first-order valence-electron chi connectivity index (χ1n) is 6.82. The maximum atomic E-state index is 11.7. The van der Waals surface area contributed by atoms with E-state index in [2.05, 4.69) is 4.74 Å². The zero-order valence-corrected chi connectivity index (χ0v) is 12.9. The Hall–Kier alpha value is -1.42. The maximum Gasteiger partial charge on any atom is 0.330 e. The molecule has 0 aliphatic heterocycles. The summed E-state index contributed by atoms with van der Waals surface area (Å²) in [4.78, 5) is 22.8. The number of methoxy groups -OCH3 is 1. The Morgan fingerprint density at radius 3 is 2.55 bits per heavy atom. The van der Waals surface area contributed by atoms with E-state index in [1.165, 1.54) is 13.2 Å². The molecule has 1 unspecified atom stereocenters. The Morgan fingerprint density at radius 1 is 1.45 bits per heavy atom. The lowest BCUT2D eigenvalue weighted by atomic mass is 9.60. The smallest absolute Gasteiger partial charge is 0.330 e. The zero-order valence-electron chi connectivity index (χ0n) is 12.9. The highest BCUT2D eigenvalue weighted by atomic mass is 16.5. The van der Waals surface area contributed by atoms with Gasteiger partial charge in [-0.05, 0) is 18.4 Å². The van der Waals surface area contributed by atoms with E-state index in [4.69, 9.17) is 0 Å². The molecule has 0 aromatic heterocycles. The van der Waals surface area contributed by atoms with Crippen LogP contribution >= 0.6 is 0 Å². The van der Waals surface area contributed by atoms with Gasteiger partial charge in [0.25, 0.3) is 0 Å². The first-order valence-corrected chi connectivity index (χ1v) is 6.82. The van der Waals surface area contributed by atoms with Gasteiger partial charge in [0.15, 0.2) is 0 Å². The minimum Gasteiger partial charge on any atom is -0.466 e. The molecular formula is C16H24O4. The molecule has 1 rings (SSSR count). The molecule has 2 atom stereocenters. The molecule has 0 aromatic carbocycles. The number of aliphatic hydroxyl groups is 1. The monoisotopic (exact) mass is 280 g/mol. The van der Waals surface area contributed by atoms with Crippen molar-refractivity contribution < 1.29 is 19.4 Å². The van der Waals surface area contributed by atoms with Crippen LogP contribution in [0.2, 0.25) is 0 Å². The van der Waals surface area contributed by atoms with E-state index in [1.807, 2.05) is 20.8 Å². The minimum atomic E-state index is -1.06. The molecule has 1 N–H and O–H groups in total. The predicted octanol–water partition coefficient (Wildman–Crippen LogP) is 2.42. The van der Waals surface area contributed by atoms with Crippen molar-refractivity contribution in [3.8, 4) is 0 Å². The van der Waals surface area contributed by atoms with Crippen LogP contribution in [0.15, 0.2) is 23.8 Å². The second-order valence-corrected chi connectivity index (χ2v) is 6.27. The highest BCUT2D eigenvalue weighted by molar-refractivity contribution is 5.83. The molecule has 0 spiro atoms. The molecule has 20 heavy (non-hydrogen) atoms. The van der Waals surface area contributed by atoms with Gasteiger partial charge < -0.3 is 9.84 Å². The third kappa shape index (κ3) is 3.37. The molecule has 4 nitrogen and oxygen atoms in total. The van der Waals surface area contributed by atoms with Crippen LogP contribution in [0, 0.1) is 11.3 Å². The van der Waals surface area contributed by atoms with E-state index in [1.54, 1.807) is 19.1 Å². The van der Waals surface area contributed by atoms with Crippen LogP contribution in [0.5, 0.6) is 0 Å². The van der Waals surface area contributed by atoms with Crippen LogP contribution in [0.1, 0.15) is 40.5 Å². The molecule has 1 saturated carbocycles. The van der Waals surface area contributed by atoms with Crippen molar-refractivity contribution in [1.29, 1.82) is 0 Å². The number of rotatable bonds is 3. The summed E-state index contributed by atoms with van der Waals surface area (Å²) in [6.45, 7) is 7.43. The fourth-order valence-electron chi connectivity index (χ4n) is 2.81. The summed E-state index contributed by atoms with van der Waals surface area (Å²) < 4.78 is 4.56. The molecule has 0 heterocycles. The van der Waals surface area contributed by atoms with Gasteiger partial charge in [-0.2, -0.15) is 0 Å². The van der Waals surface area contributed by atoms with Crippen molar-refractivity contribution >= 4 is 11.8 Å². The third-order valence-electron chi connectivity index (χ3n) is 4.16. The second-order valence-electron chi connectivity index (χ2n) is 6.27. The number of ketones is 1. The van der Waals surface area contributed by atoms with E-state index in [0.717, 1.165) is 0 Å². The minimum absolute atomic E-state index is 0.152. The quantitative estimate of drug-likeness (QED) is 0.490. The van der Waals surface area contributed by atoms with E-state index >= 15 is 0 Å². The number of allylic oxidation sites excluding steroid dienone is 2. The molecule has 0 bridgehead atoms. The Morgan fingerprint density at radius 2 is 2.05 bits per heavy atom. The maximum absolute atomic E-state index is 11.7. The Bertz CT molecular complexity index is 459. The third-order valence-corrected chi connectivity index (χ3v) is 4.16. The van der Waals surface area contributed by atoms with Crippen molar-refractivity contribution in [2.75, 3.05) is 7.11 Å². The highest BCUT2D eigenvalue weighted by Crippen LogP contribution is 2.46. The molecule has 0 aromatic rings. The van der Waals surface area contributed by atoms with Crippen LogP contribution in [0.4, 0.5) is 0 Å². The molecule has 1 aliphatic rings. The van der Waals surface area contributed by atoms with Crippen molar-refractivity contribution in [1.82, 2.24) is 0 Å². The Balaban J connectivity index is 3.00. The number of carbonyl (C=O) groups is 2.